The molecule has 1 saturated heterocycles. The van der Waals surface area contributed by atoms with E-state index in [-0.39, 0.29) is 17.9 Å². The lowest BCUT2D eigenvalue weighted by Gasteiger charge is -2.31. The van der Waals surface area contributed by atoms with Crippen molar-refractivity contribution in [3.05, 3.63) is 29.6 Å². The van der Waals surface area contributed by atoms with Crippen molar-refractivity contribution in [2.24, 2.45) is 5.92 Å². The molecular formula is C14H15F3N2O3. The number of aliphatic carboxylic acids is 1. The summed E-state index contributed by atoms with van der Waals surface area (Å²) in [5.41, 5.74) is -1.15. The largest absolute Gasteiger partial charge is 0.481 e. The molecule has 1 aliphatic rings. The lowest BCUT2D eigenvalue weighted by molar-refractivity contribution is -0.141. The number of carbonyl (C=O) groups is 2. The van der Waals surface area contributed by atoms with E-state index in [0.717, 1.165) is 12.3 Å². The highest BCUT2D eigenvalue weighted by Crippen LogP contribution is 2.28. The third-order valence-corrected chi connectivity index (χ3v) is 3.66. The minimum absolute atomic E-state index is 0.00438. The summed E-state index contributed by atoms with van der Waals surface area (Å²) in [5.74, 6) is -1.36. The van der Waals surface area contributed by atoms with Gasteiger partial charge in [-0.1, -0.05) is 0 Å². The summed E-state index contributed by atoms with van der Waals surface area (Å²) in [4.78, 5) is 27.5. The highest BCUT2D eigenvalue weighted by molar-refractivity contribution is 5.94. The third-order valence-electron chi connectivity index (χ3n) is 3.66. The molecule has 0 unspecified atom stereocenters. The first-order valence-electron chi connectivity index (χ1n) is 6.81. The first-order valence-corrected chi connectivity index (χ1v) is 6.81. The molecule has 5 nitrogen and oxygen atoms in total. The number of alkyl halides is 3. The van der Waals surface area contributed by atoms with Gasteiger partial charge in [0.05, 0.1) is 0 Å². The van der Waals surface area contributed by atoms with Crippen LogP contribution >= 0.6 is 0 Å². The highest BCUT2D eigenvalue weighted by Gasteiger charge is 2.33. The van der Waals surface area contributed by atoms with Crippen molar-refractivity contribution in [1.29, 1.82) is 0 Å². The summed E-state index contributed by atoms with van der Waals surface area (Å²) in [6, 6.07) is 1.99. The Kier molecular flexibility index (Phi) is 4.68. The zero-order valence-electron chi connectivity index (χ0n) is 11.6. The summed E-state index contributed by atoms with van der Waals surface area (Å²) >= 11 is 0. The lowest BCUT2D eigenvalue weighted by atomic mass is 9.93. The van der Waals surface area contributed by atoms with Gasteiger partial charge < -0.3 is 10.0 Å². The zero-order valence-corrected chi connectivity index (χ0v) is 11.6. The maximum atomic E-state index is 12.6. The molecule has 0 aliphatic carbocycles. The SMILES string of the molecule is O=C(O)CC1CCN(C(=O)c2ccnc(C(F)(F)F)c2)CC1. The third kappa shape index (κ3) is 3.96. The maximum absolute atomic E-state index is 12.6. The van der Waals surface area contributed by atoms with E-state index < -0.39 is 23.7 Å². The number of carboxylic acids is 1. The first-order chi connectivity index (χ1) is 10.3. The van der Waals surface area contributed by atoms with E-state index in [4.69, 9.17) is 5.11 Å². The molecule has 2 rings (SSSR count). The maximum Gasteiger partial charge on any atom is 0.433 e. The first kappa shape index (κ1) is 16.3. The van der Waals surface area contributed by atoms with Gasteiger partial charge in [-0.3, -0.25) is 14.6 Å². The number of likely N-dealkylation sites (tertiary alicyclic amines) is 1. The molecule has 22 heavy (non-hydrogen) atoms. The second-order valence-corrected chi connectivity index (χ2v) is 5.26. The van der Waals surface area contributed by atoms with Crippen LogP contribution in [-0.4, -0.2) is 40.0 Å². The Hall–Kier alpha value is -2.12. The predicted molar refractivity (Wildman–Crippen MR) is 70.1 cm³/mol. The second-order valence-electron chi connectivity index (χ2n) is 5.26. The summed E-state index contributed by atoms with van der Waals surface area (Å²) in [6.45, 7) is 0.695. The molecule has 1 N–H and O–H groups in total. The lowest BCUT2D eigenvalue weighted by Crippen LogP contribution is -2.39. The van der Waals surface area contributed by atoms with E-state index in [9.17, 15) is 22.8 Å². The van der Waals surface area contributed by atoms with E-state index in [2.05, 4.69) is 4.98 Å². The van der Waals surface area contributed by atoms with Crippen LogP contribution in [-0.2, 0) is 11.0 Å². The van der Waals surface area contributed by atoms with Crippen molar-refractivity contribution in [3.8, 4) is 0 Å². The van der Waals surface area contributed by atoms with Crippen LogP contribution in [0, 0.1) is 5.92 Å². The average Bonchev–Trinajstić information content (AvgIpc) is 2.46. The molecule has 0 radical (unpaired) electrons. The normalized spacial score (nSPS) is 16.6. The number of piperidine rings is 1. The number of hydrogen-bond acceptors (Lipinski definition) is 3. The van der Waals surface area contributed by atoms with Gasteiger partial charge in [0, 0.05) is 31.3 Å². The van der Waals surface area contributed by atoms with Crippen molar-refractivity contribution in [2.45, 2.75) is 25.4 Å². The molecule has 1 amide bonds. The number of amides is 1. The zero-order chi connectivity index (χ0) is 16.3. The fraction of sp³-hybridized carbons (Fsp3) is 0.500. The molecule has 120 valence electrons. The number of carboxylic acid groups (broad SMARTS) is 1. The molecule has 0 aromatic carbocycles. The standard InChI is InChI=1S/C14H15F3N2O3/c15-14(16,17)11-8-10(1-4-18-11)13(22)19-5-2-9(3-6-19)7-12(20)21/h1,4,8-9H,2-3,5-7H2,(H,20,21). The van der Waals surface area contributed by atoms with Crippen molar-refractivity contribution in [1.82, 2.24) is 9.88 Å². The quantitative estimate of drug-likeness (QED) is 0.930. The Balaban J connectivity index is 2.03. The number of aromatic nitrogens is 1. The van der Waals surface area contributed by atoms with Crippen LogP contribution in [0.15, 0.2) is 18.3 Å². The molecule has 0 atom stereocenters. The smallest absolute Gasteiger partial charge is 0.433 e. The molecule has 1 aromatic heterocycles. The minimum atomic E-state index is -4.59. The highest BCUT2D eigenvalue weighted by atomic mass is 19.4. The van der Waals surface area contributed by atoms with Crippen LogP contribution in [0.1, 0.15) is 35.3 Å². The number of carbonyl (C=O) groups excluding carboxylic acids is 1. The van der Waals surface area contributed by atoms with Gasteiger partial charge in [-0.25, -0.2) is 0 Å². The summed E-state index contributed by atoms with van der Waals surface area (Å²) in [5, 5.41) is 8.73. The second kappa shape index (κ2) is 6.33. The monoisotopic (exact) mass is 316 g/mol. The van der Waals surface area contributed by atoms with Gasteiger partial charge in [-0.2, -0.15) is 13.2 Å². The van der Waals surface area contributed by atoms with Crippen LogP contribution in [0.25, 0.3) is 0 Å². The summed E-state index contributed by atoms with van der Waals surface area (Å²) in [6.07, 6.45) is -2.50. The summed E-state index contributed by atoms with van der Waals surface area (Å²) in [7, 11) is 0. The van der Waals surface area contributed by atoms with E-state index in [1.54, 1.807) is 0 Å². The molecular weight excluding hydrogens is 301 g/mol. The fourth-order valence-corrected chi connectivity index (χ4v) is 2.49. The topological polar surface area (TPSA) is 70.5 Å². The molecule has 0 saturated carbocycles. The Morgan fingerprint density at radius 1 is 1.32 bits per heavy atom. The van der Waals surface area contributed by atoms with Gasteiger partial charge in [-0.05, 0) is 30.9 Å². The van der Waals surface area contributed by atoms with Crippen LogP contribution in [0.5, 0.6) is 0 Å². The van der Waals surface area contributed by atoms with Gasteiger partial charge >= 0.3 is 12.1 Å². The molecule has 8 heteroatoms. The fourth-order valence-electron chi connectivity index (χ4n) is 2.49. The predicted octanol–water partition coefficient (Wildman–Crippen LogP) is 2.43. The number of rotatable bonds is 3. The van der Waals surface area contributed by atoms with Crippen molar-refractivity contribution < 1.29 is 27.9 Å². The van der Waals surface area contributed by atoms with E-state index in [1.807, 2.05) is 0 Å². The molecule has 0 bridgehead atoms. The number of pyridine rings is 1. The van der Waals surface area contributed by atoms with E-state index in [1.165, 1.54) is 11.0 Å². The van der Waals surface area contributed by atoms with Gasteiger partial charge in [0.25, 0.3) is 5.91 Å². The minimum Gasteiger partial charge on any atom is -0.481 e. The molecule has 1 aliphatic heterocycles. The van der Waals surface area contributed by atoms with Crippen molar-refractivity contribution in [3.63, 3.8) is 0 Å². The number of halogens is 3. The van der Waals surface area contributed by atoms with Crippen molar-refractivity contribution >= 4 is 11.9 Å². The van der Waals surface area contributed by atoms with Crippen LogP contribution in [0.4, 0.5) is 13.2 Å². The Labute approximate surface area is 124 Å². The molecule has 1 fully saturated rings. The van der Waals surface area contributed by atoms with Crippen LogP contribution in [0.2, 0.25) is 0 Å². The Bertz CT molecular complexity index is 567. The van der Waals surface area contributed by atoms with E-state index >= 15 is 0 Å². The Morgan fingerprint density at radius 3 is 2.50 bits per heavy atom. The average molecular weight is 316 g/mol. The molecule has 2 heterocycles. The van der Waals surface area contributed by atoms with Gasteiger partial charge in [-0.15, -0.1) is 0 Å². The van der Waals surface area contributed by atoms with Crippen molar-refractivity contribution in [2.75, 3.05) is 13.1 Å². The Morgan fingerprint density at radius 2 is 1.95 bits per heavy atom. The number of nitrogens with zero attached hydrogens (tertiary/aromatic N) is 2. The van der Waals surface area contributed by atoms with Gasteiger partial charge in [0.2, 0.25) is 0 Å². The van der Waals surface area contributed by atoms with E-state index in [0.29, 0.717) is 25.9 Å². The molecule has 0 spiro atoms. The van der Waals surface area contributed by atoms with Crippen LogP contribution in [0.3, 0.4) is 0 Å². The van der Waals surface area contributed by atoms with Gasteiger partial charge in [0.15, 0.2) is 0 Å². The molecule has 1 aromatic rings. The van der Waals surface area contributed by atoms with Crippen LogP contribution < -0.4 is 0 Å². The van der Waals surface area contributed by atoms with Gasteiger partial charge in [0.1, 0.15) is 5.69 Å². The summed E-state index contributed by atoms with van der Waals surface area (Å²) < 4.78 is 37.8. The number of hydrogen-bond donors (Lipinski definition) is 1.